The minimum Gasteiger partial charge on any atom is -0.340 e. The highest BCUT2D eigenvalue weighted by Crippen LogP contribution is 2.22. The Hall–Kier alpha value is -3.99. The zero-order valence-electron chi connectivity index (χ0n) is 16.9. The molecule has 0 aliphatic carbocycles. The largest absolute Gasteiger partial charge is 0.340 e. The first-order valence-corrected chi connectivity index (χ1v) is 9.71. The van der Waals surface area contributed by atoms with Gasteiger partial charge in [0.25, 0.3) is 5.91 Å². The number of rotatable bonds is 5. The van der Waals surface area contributed by atoms with Gasteiger partial charge in [-0.3, -0.25) is 4.79 Å². The second-order valence-corrected chi connectivity index (χ2v) is 7.18. The first-order valence-electron chi connectivity index (χ1n) is 9.71. The smallest absolute Gasteiger partial charge is 0.255 e. The maximum atomic E-state index is 12.5. The molecule has 0 saturated heterocycles. The summed E-state index contributed by atoms with van der Waals surface area (Å²) in [6.07, 6.45) is 1.55. The Balaban J connectivity index is 1.46. The van der Waals surface area contributed by atoms with E-state index in [1.165, 1.54) is 5.56 Å². The van der Waals surface area contributed by atoms with E-state index >= 15 is 0 Å². The number of benzene rings is 3. The molecule has 3 aromatic carbocycles. The van der Waals surface area contributed by atoms with E-state index in [0.29, 0.717) is 11.4 Å². The second-order valence-electron chi connectivity index (χ2n) is 7.18. The van der Waals surface area contributed by atoms with Crippen molar-refractivity contribution in [3.8, 4) is 11.3 Å². The van der Waals surface area contributed by atoms with E-state index in [9.17, 15) is 4.79 Å². The van der Waals surface area contributed by atoms with Crippen molar-refractivity contribution >= 4 is 23.1 Å². The molecule has 2 N–H and O–H groups in total. The molecule has 0 spiro atoms. The lowest BCUT2D eigenvalue weighted by atomic mass is 10.1. The molecule has 0 aliphatic heterocycles. The fourth-order valence-electron chi connectivity index (χ4n) is 3.17. The van der Waals surface area contributed by atoms with E-state index in [4.69, 9.17) is 0 Å². The van der Waals surface area contributed by atoms with Gasteiger partial charge in [0.1, 0.15) is 12.1 Å². The summed E-state index contributed by atoms with van der Waals surface area (Å²) in [7, 11) is 0. The van der Waals surface area contributed by atoms with Gasteiger partial charge in [-0.25, -0.2) is 9.97 Å². The molecule has 148 valence electrons. The maximum absolute atomic E-state index is 12.5. The van der Waals surface area contributed by atoms with Crippen molar-refractivity contribution in [1.29, 1.82) is 0 Å². The summed E-state index contributed by atoms with van der Waals surface area (Å²) >= 11 is 0. The van der Waals surface area contributed by atoms with Gasteiger partial charge in [0.2, 0.25) is 0 Å². The zero-order valence-corrected chi connectivity index (χ0v) is 16.9. The summed E-state index contributed by atoms with van der Waals surface area (Å²) in [5, 5.41) is 6.19. The average Bonchev–Trinajstić information content (AvgIpc) is 2.74. The molecule has 0 radical (unpaired) electrons. The highest BCUT2D eigenvalue weighted by molar-refractivity contribution is 6.04. The SMILES string of the molecule is Cc1cccc(NC(=O)c2ccc(Nc3cc(-c4cccc(C)c4)ncn3)cc2)c1. The number of anilines is 3. The van der Waals surface area contributed by atoms with Crippen LogP contribution in [0.1, 0.15) is 21.5 Å². The van der Waals surface area contributed by atoms with Gasteiger partial charge in [0, 0.05) is 28.6 Å². The fourth-order valence-corrected chi connectivity index (χ4v) is 3.17. The van der Waals surface area contributed by atoms with Gasteiger partial charge in [-0.1, -0.05) is 35.9 Å². The van der Waals surface area contributed by atoms with Gasteiger partial charge in [-0.15, -0.1) is 0 Å². The van der Waals surface area contributed by atoms with Crippen molar-refractivity contribution in [1.82, 2.24) is 9.97 Å². The van der Waals surface area contributed by atoms with Crippen LogP contribution in [0.4, 0.5) is 17.2 Å². The predicted octanol–water partition coefficient (Wildman–Crippen LogP) is 5.76. The van der Waals surface area contributed by atoms with Crippen LogP contribution < -0.4 is 10.6 Å². The van der Waals surface area contributed by atoms with E-state index in [0.717, 1.165) is 28.2 Å². The molecule has 5 nitrogen and oxygen atoms in total. The quantitative estimate of drug-likeness (QED) is 0.452. The average molecular weight is 394 g/mol. The summed E-state index contributed by atoms with van der Waals surface area (Å²) in [6.45, 7) is 4.05. The highest BCUT2D eigenvalue weighted by atomic mass is 16.1. The first-order chi connectivity index (χ1) is 14.6. The second kappa shape index (κ2) is 8.57. The molecule has 0 fully saturated rings. The molecule has 0 unspecified atom stereocenters. The number of aromatic nitrogens is 2. The molecule has 4 rings (SSSR count). The number of aryl methyl sites for hydroxylation is 2. The lowest BCUT2D eigenvalue weighted by Gasteiger charge is -2.09. The van der Waals surface area contributed by atoms with Gasteiger partial charge >= 0.3 is 0 Å². The number of carbonyl (C=O) groups excluding carboxylic acids is 1. The van der Waals surface area contributed by atoms with E-state index < -0.39 is 0 Å². The molecule has 1 aromatic heterocycles. The van der Waals surface area contributed by atoms with Crippen LogP contribution in [0.25, 0.3) is 11.3 Å². The van der Waals surface area contributed by atoms with Crippen LogP contribution in [0.3, 0.4) is 0 Å². The Morgan fingerprint density at radius 3 is 2.23 bits per heavy atom. The number of nitrogens with zero attached hydrogens (tertiary/aromatic N) is 2. The molecule has 30 heavy (non-hydrogen) atoms. The van der Waals surface area contributed by atoms with Crippen molar-refractivity contribution in [2.45, 2.75) is 13.8 Å². The van der Waals surface area contributed by atoms with Crippen molar-refractivity contribution in [2.24, 2.45) is 0 Å². The monoisotopic (exact) mass is 394 g/mol. The van der Waals surface area contributed by atoms with Crippen molar-refractivity contribution < 1.29 is 4.79 Å². The number of carbonyl (C=O) groups is 1. The Kier molecular flexibility index (Phi) is 5.52. The summed E-state index contributed by atoms with van der Waals surface area (Å²) in [4.78, 5) is 21.1. The van der Waals surface area contributed by atoms with E-state index in [2.05, 4.69) is 39.7 Å². The molecule has 5 heteroatoms. The normalized spacial score (nSPS) is 10.5. The number of nitrogens with one attached hydrogen (secondary N) is 2. The van der Waals surface area contributed by atoms with Gasteiger partial charge < -0.3 is 10.6 Å². The molecule has 0 saturated carbocycles. The van der Waals surface area contributed by atoms with E-state index in [-0.39, 0.29) is 5.91 Å². The molecule has 0 bridgehead atoms. The van der Waals surface area contributed by atoms with E-state index in [1.807, 2.05) is 61.5 Å². The van der Waals surface area contributed by atoms with E-state index in [1.54, 1.807) is 18.5 Å². The predicted molar refractivity (Wildman–Crippen MR) is 121 cm³/mol. The standard InChI is InChI=1S/C25H22N4O/c1-17-5-3-7-20(13-17)23-15-24(27-16-26-23)28-21-11-9-19(10-12-21)25(30)29-22-8-4-6-18(2)14-22/h3-16H,1-2H3,(H,29,30)(H,26,27,28). The Bertz CT molecular complexity index is 1190. The van der Waals surface area contributed by atoms with Gasteiger partial charge in [-0.2, -0.15) is 0 Å². The molecular weight excluding hydrogens is 372 g/mol. The summed E-state index contributed by atoms with van der Waals surface area (Å²) in [5.41, 5.74) is 6.39. The van der Waals surface area contributed by atoms with Crippen LogP contribution in [0.2, 0.25) is 0 Å². The topological polar surface area (TPSA) is 66.9 Å². The van der Waals surface area contributed by atoms with Crippen LogP contribution in [-0.2, 0) is 0 Å². The Labute approximate surface area is 175 Å². The molecule has 0 atom stereocenters. The molecule has 4 aromatic rings. The zero-order chi connectivity index (χ0) is 20.9. The summed E-state index contributed by atoms with van der Waals surface area (Å²) in [6, 6.07) is 25.1. The Morgan fingerprint density at radius 2 is 1.50 bits per heavy atom. The Morgan fingerprint density at radius 1 is 0.767 bits per heavy atom. The van der Waals surface area contributed by atoms with Crippen LogP contribution in [-0.4, -0.2) is 15.9 Å². The summed E-state index contributed by atoms with van der Waals surface area (Å²) < 4.78 is 0. The van der Waals surface area contributed by atoms with Crippen molar-refractivity contribution in [3.63, 3.8) is 0 Å². The lowest BCUT2D eigenvalue weighted by molar-refractivity contribution is 0.102. The highest BCUT2D eigenvalue weighted by Gasteiger charge is 2.07. The minimum atomic E-state index is -0.143. The lowest BCUT2D eigenvalue weighted by Crippen LogP contribution is -2.11. The van der Waals surface area contributed by atoms with Gasteiger partial charge in [0.15, 0.2) is 0 Å². The minimum absolute atomic E-state index is 0.143. The van der Waals surface area contributed by atoms with Crippen LogP contribution in [0, 0.1) is 13.8 Å². The summed E-state index contributed by atoms with van der Waals surface area (Å²) in [5.74, 6) is 0.550. The van der Waals surface area contributed by atoms with Gasteiger partial charge in [-0.05, 0) is 61.9 Å². The molecular formula is C25H22N4O. The van der Waals surface area contributed by atoms with Gasteiger partial charge in [0.05, 0.1) is 5.69 Å². The first kappa shape index (κ1) is 19.3. The van der Waals surface area contributed by atoms with Crippen LogP contribution >= 0.6 is 0 Å². The number of hydrogen-bond acceptors (Lipinski definition) is 4. The third-order valence-electron chi connectivity index (χ3n) is 4.68. The third kappa shape index (κ3) is 4.70. The number of amides is 1. The molecule has 0 aliphatic rings. The molecule has 1 heterocycles. The molecule has 1 amide bonds. The van der Waals surface area contributed by atoms with Crippen molar-refractivity contribution in [3.05, 3.63) is 102 Å². The van der Waals surface area contributed by atoms with Crippen LogP contribution in [0.5, 0.6) is 0 Å². The number of hydrogen-bond donors (Lipinski definition) is 2. The fraction of sp³-hybridized carbons (Fsp3) is 0.0800. The maximum Gasteiger partial charge on any atom is 0.255 e. The van der Waals surface area contributed by atoms with Crippen molar-refractivity contribution in [2.75, 3.05) is 10.6 Å². The van der Waals surface area contributed by atoms with Crippen LogP contribution in [0.15, 0.2) is 85.2 Å². The third-order valence-corrected chi connectivity index (χ3v) is 4.68.